The van der Waals surface area contributed by atoms with Crippen LogP contribution in [0, 0.1) is 3.57 Å². The second-order valence-corrected chi connectivity index (χ2v) is 3.83. The summed E-state index contributed by atoms with van der Waals surface area (Å²) in [5, 5.41) is 0.0908. The number of nitrogens with two attached hydrogens (primary N) is 1. The second kappa shape index (κ2) is 4.47. The smallest absolute Gasteiger partial charge is 0.280 e. The molecule has 0 unspecified atom stereocenters. The summed E-state index contributed by atoms with van der Waals surface area (Å²) in [4.78, 5) is 3.57. The van der Waals surface area contributed by atoms with E-state index in [0.717, 1.165) is 0 Å². The fourth-order valence-corrected chi connectivity index (χ4v) is 1.51. The molecule has 1 aromatic heterocycles. The molecule has 0 aliphatic rings. The lowest BCUT2D eigenvalue weighted by atomic mass is 10.2. The van der Waals surface area contributed by atoms with Gasteiger partial charge in [0.25, 0.3) is 6.43 Å². The predicted octanol–water partition coefficient (Wildman–Crippen LogP) is 2.74. The van der Waals surface area contributed by atoms with E-state index < -0.39 is 6.43 Å². The highest BCUT2D eigenvalue weighted by molar-refractivity contribution is 14.1. The van der Waals surface area contributed by atoms with Gasteiger partial charge in [-0.25, -0.2) is 13.8 Å². The molecule has 0 radical (unpaired) electrons. The van der Waals surface area contributed by atoms with Gasteiger partial charge in [-0.15, -0.1) is 0 Å². The maximum Gasteiger partial charge on any atom is 0.280 e. The zero-order chi connectivity index (χ0) is 10.0. The molecule has 0 saturated carbocycles. The molecule has 0 aliphatic heterocycles. The van der Waals surface area contributed by atoms with Gasteiger partial charge in [-0.1, -0.05) is 11.6 Å². The van der Waals surface area contributed by atoms with Crippen LogP contribution in [-0.2, 0) is 6.54 Å². The molecule has 0 aliphatic carbocycles. The van der Waals surface area contributed by atoms with Crippen molar-refractivity contribution >= 4 is 34.2 Å². The number of nitrogens with zero attached hydrogens (tertiary/aromatic N) is 1. The van der Waals surface area contributed by atoms with Gasteiger partial charge in [-0.2, -0.15) is 0 Å². The van der Waals surface area contributed by atoms with Gasteiger partial charge in [-0.3, -0.25) is 0 Å². The van der Waals surface area contributed by atoms with Crippen LogP contribution in [0.2, 0.25) is 5.15 Å². The number of pyridine rings is 1. The van der Waals surface area contributed by atoms with Gasteiger partial charge in [0, 0.05) is 6.54 Å². The van der Waals surface area contributed by atoms with Gasteiger partial charge in [0.2, 0.25) is 0 Å². The van der Waals surface area contributed by atoms with Crippen molar-refractivity contribution in [2.75, 3.05) is 0 Å². The normalized spacial score (nSPS) is 10.9. The van der Waals surface area contributed by atoms with Gasteiger partial charge in [-0.05, 0) is 34.2 Å². The van der Waals surface area contributed by atoms with E-state index in [1.54, 1.807) is 0 Å². The first kappa shape index (κ1) is 11.1. The topological polar surface area (TPSA) is 38.9 Å². The first-order chi connectivity index (χ1) is 6.06. The van der Waals surface area contributed by atoms with Crippen molar-refractivity contribution in [2.24, 2.45) is 5.73 Å². The summed E-state index contributed by atoms with van der Waals surface area (Å²) in [5.41, 5.74) is 5.30. The summed E-state index contributed by atoms with van der Waals surface area (Å²) in [7, 11) is 0. The summed E-state index contributed by atoms with van der Waals surface area (Å²) in [6.07, 6.45) is -2.63. The molecule has 0 atom stereocenters. The number of alkyl halides is 2. The number of hydrogen-bond donors (Lipinski definition) is 1. The van der Waals surface area contributed by atoms with Crippen molar-refractivity contribution in [3.63, 3.8) is 0 Å². The molecule has 72 valence electrons. The van der Waals surface area contributed by atoms with Crippen molar-refractivity contribution in [3.8, 4) is 0 Å². The standard InChI is InChI=1S/C7H6ClF2IN2/c8-6-4(11)1-3(2-12)5(13-6)7(9)10/h1,7H,2,12H2. The number of hydrogen-bond acceptors (Lipinski definition) is 2. The van der Waals surface area contributed by atoms with Crippen molar-refractivity contribution in [3.05, 3.63) is 26.0 Å². The van der Waals surface area contributed by atoms with Crippen LogP contribution in [0.3, 0.4) is 0 Å². The van der Waals surface area contributed by atoms with E-state index in [0.29, 0.717) is 9.13 Å². The Balaban J connectivity index is 3.25. The fourth-order valence-electron chi connectivity index (χ4n) is 0.870. The number of halogens is 4. The third-order valence-corrected chi connectivity index (χ3v) is 2.90. The Labute approximate surface area is 92.6 Å². The number of rotatable bonds is 2. The van der Waals surface area contributed by atoms with Crippen LogP contribution >= 0.6 is 34.2 Å². The van der Waals surface area contributed by atoms with Crippen LogP contribution in [0.25, 0.3) is 0 Å². The molecule has 0 fully saturated rings. The minimum atomic E-state index is -2.63. The Morgan fingerprint density at radius 2 is 2.23 bits per heavy atom. The largest absolute Gasteiger partial charge is 0.326 e. The first-order valence-electron chi connectivity index (χ1n) is 3.39. The quantitative estimate of drug-likeness (QED) is 0.673. The highest BCUT2D eigenvalue weighted by Crippen LogP contribution is 2.26. The third-order valence-electron chi connectivity index (χ3n) is 1.47. The maximum atomic E-state index is 12.3. The molecule has 0 amide bonds. The summed E-state index contributed by atoms with van der Waals surface area (Å²) >= 11 is 7.51. The average Bonchev–Trinajstić information content (AvgIpc) is 2.08. The minimum Gasteiger partial charge on any atom is -0.326 e. The molecular weight excluding hydrogens is 312 g/mol. The highest BCUT2D eigenvalue weighted by atomic mass is 127. The van der Waals surface area contributed by atoms with Crippen LogP contribution in [0.1, 0.15) is 17.7 Å². The van der Waals surface area contributed by atoms with Crippen molar-refractivity contribution in [1.82, 2.24) is 4.98 Å². The first-order valence-corrected chi connectivity index (χ1v) is 4.85. The van der Waals surface area contributed by atoms with E-state index in [1.807, 2.05) is 22.6 Å². The molecule has 2 N–H and O–H groups in total. The summed E-state index contributed by atoms with van der Waals surface area (Å²) in [5.74, 6) is 0. The molecule has 0 saturated heterocycles. The van der Waals surface area contributed by atoms with E-state index >= 15 is 0 Å². The third kappa shape index (κ3) is 2.47. The Hall–Kier alpha value is -0.0100. The van der Waals surface area contributed by atoms with Crippen molar-refractivity contribution in [2.45, 2.75) is 13.0 Å². The maximum absolute atomic E-state index is 12.3. The molecule has 0 spiro atoms. The number of aromatic nitrogens is 1. The van der Waals surface area contributed by atoms with E-state index in [-0.39, 0.29) is 17.4 Å². The van der Waals surface area contributed by atoms with Gasteiger partial charge in [0.1, 0.15) is 10.8 Å². The minimum absolute atomic E-state index is 0.0415. The fraction of sp³-hybridized carbons (Fsp3) is 0.286. The molecule has 1 rings (SSSR count). The van der Waals surface area contributed by atoms with Gasteiger partial charge in [0.15, 0.2) is 0 Å². The van der Waals surface area contributed by atoms with Crippen LogP contribution in [0.4, 0.5) is 8.78 Å². The Bertz CT molecular complexity index is 320. The SMILES string of the molecule is NCc1cc(I)c(Cl)nc1C(F)F. The molecule has 0 aromatic carbocycles. The van der Waals surface area contributed by atoms with Gasteiger partial charge < -0.3 is 5.73 Å². The van der Waals surface area contributed by atoms with Gasteiger partial charge in [0.05, 0.1) is 3.57 Å². The second-order valence-electron chi connectivity index (χ2n) is 2.31. The van der Waals surface area contributed by atoms with E-state index in [2.05, 4.69) is 4.98 Å². The molecule has 0 bridgehead atoms. The van der Waals surface area contributed by atoms with E-state index in [4.69, 9.17) is 17.3 Å². The Morgan fingerprint density at radius 1 is 1.62 bits per heavy atom. The lowest BCUT2D eigenvalue weighted by Crippen LogP contribution is -2.05. The molecule has 13 heavy (non-hydrogen) atoms. The lowest BCUT2D eigenvalue weighted by molar-refractivity contribution is 0.145. The van der Waals surface area contributed by atoms with Gasteiger partial charge >= 0.3 is 0 Å². The lowest BCUT2D eigenvalue weighted by Gasteiger charge is -2.07. The summed E-state index contributed by atoms with van der Waals surface area (Å²) in [6, 6.07) is 1.53. The van der Waals surface area contributed by atoms with Crippen molar-refractivity contribution < 1.29 is 8.78 Å². The van der Waals surface area contributed by atoms with Crippen molar-refractivity contribution in [1.29, 1.82) is 0 Å². The molecular formula is C7H6ClF2IN2. The van der Waals surface area contributed by atoms with E-state index in [9.17, 15) is 8.78 Å². The monoisotopic (exact) mass is 318 g/mol. The highest BCUT2D eigenvalue weighted by Gasteiger charge is 2.16. The van der Waals surface area contributed by atoms with Crippen LogP contribution < -0.4 is 5.73 Å². The van der Waals surface area contributed by atoms with Crippen LogP contribution in [-0.4, -0.2) is 4.98 Å². The van der Waals surface area contributed by atoms with Crippen LogP contribution in [0.5, 0.6) is 0 Å². The predicted molar refractivity (Wildman–Crippen MR) is 54.8 cm³/mol. The zero-order valence-corrected chi connectivity index (χ0v) is 9.31. The summed E-state index contributed by atoms with van der Waals surface area (Å²) in [6.45, 7) is 0.0415. The molecule has 1 aromatic rings. The Morgan fingerprint density at radius 3 is 2.69 bits per heavy atom. The zero-order valence-electron chi connectivity index (χ0n) is 6.40. The average molecular weight is 318 g/mol. The molecule has 1 heterocycles. The summed E-state index contributed by atoms with van der Waals surface area (Å²) < 4.78 is 25.3. The van der Waals surface area contributed by atoms with E-state index in [1.165, 1.54) is 6.07 Å². The van der Waals surface area contributed by atoms with Crippen LogP contribution in [0.15, 0.2) is 6.07 Å². The molecule has 6 heteroatoms. The Kier molecular flexibility index (Phi) is 3.81. The molecule has 2 nitrogen and oxygen atoms in total.